The van der Waals surface area contributed by atoms with Crippen LogP contribution in [0, 0.1) is 5.82 Å². The number of nitrogens with one attached hydrogen (secondary N) is 2. The molecule has 0 unspecified atom stereocenters. The Labute approximate surface area is 159 Å². The van der Waals surface area contributed by atoms with Crippen LogP contribution in [0.5, 0.6) is 5.88 Å². The number of ether oxygens (including phenoxy) is 1. The van der Waals surface area contributed by atoms with Crippen molar-refractivity contribution in [2.24, 2.45) is 0 Å². The molecule has 2 aromatic heterocycles. The minimum absolute atomic E-state index is 0.363. The van der Waals surface area contributed by atoms with Gasteiger partial charge in [0.1, 0.15) is 5.82 Å². The van der Waals surface area contributed by atoms with E-state index in [1.165, 1.54) is 24.3 Å². The summed E-state index contributed by atoms with van der Waals surface area (Å²) in [5.74, 6) is 0.127. The standard InChI is InChI=1S/C20H16FN5O2/c1-28-19-10-9-18-24-17(12-26(18)25-19)13-3-2-4-16(11-13)23-20(27)22-15-7-5-14(21)6-8-15/h2-12H,1H3,(H2,22,23,27). The third kappa shape index (κ3) is 3.75. The fourth-order valence-corrected chi connectivity index (χ4v) is 2.70. The number of anilines is 2. The molecular weight excluding hydrogens is 361 g/mol. The first kappa shape index (κ1) is 17.5. The van der Waals surface area contributed by atoms with E-state index in [0.717, 1.165) is 5.56 Å². The maximum absolute atomic E-state index is 12.9. The number of carbonyl (C=O) groups is 1. The first-order valence-electron chi connectivity index (χ1n) is 8.45. The number of fused-ring (bicyclic) bond motifs is 1. The van der Waals surface area contributed by atoms with Gasteiger partial charge in [-0.3, -0.25) is 0 Å². The van der Waals surface area contributed by atoms with E-state index in [1.54, 1.807) is 30.0 Å². The molecule has 2 heterocycles. The molecule has 0 spiro atoms. The molecule has 2 N–H and O–H groups in total. The number of amides is 2. The van der Waals surface area contributed by atoms with Crippen molar-refractivity contribution in [1.29, 1.82) is 0 Å². The molecule has 0 saturated heterocycles. The average molecular weight is 377 g/mol. The lowest BCUT2D eigenvalue weighted by Crippen LogP contribution is -2.19. The van der Waals surface area contributed by atoms with E-state index in [0.29, 0.717) is 28.6 Å². The van der Waals surface area contributed by atoms with Gasteiger partial charge in [0, 0.05) is 23.0 Å². The number of imidazole rings is 1. The van der Waals surface area contributed by atoms with Gasteiger partial charge in [0.15, 0.2) is 5.65 Å². The third-order valence-corrected chi connectivity index (χ3v) is 4.02. The van der Waals surface area contributed by atoms with Gasteiger partial charge >= 0.3 is 6.03 Å². The Kier molecular flexibility index (Phi) is 4.59. The molecule has 2 aromatic carbocycles. The lowest BCUT2D eigenvalue weighted by atomic mass is 10.1. The summed E-state index contributed by atoms with van der Waals surface area (Å²) in [5.41, 5.74) is 3.31. The molecule has 28 heavy (non-hydrogen) atoms. The van der Waals surface area contributed by atoms with Crippen LogP contribution in [0.3, 0.4) is 0 Å². The zero-order chi connectivity index (χ0) is 19.5. The second-order valence-corrected chi connectivity index (χ2v) is 5.97. The lowest BCUT2D eigenvalue weighted by Gasteiger charge is -2.08. The number of methoxy groups -OCH3 is 1. The maximum atomic E-state index is 12.9. The molecule has 140 valence electrons. The van der Waals surface area contributed by atoms with Crippen molar-refractivity contribution < 1.29 is 13.9 Å². The summed E-state index contributed by atoms with van der Waals surface area (Å²) in [7, 11) is 1.55. The summed E-state index contributed by atoms with van der Waals surface area (Å²) >= 11 is 0. The van der Waals surface area contributed by atoms with Crippen LogP contribution in [0.1, 0.15) is 0 Å². The van der Waals surface area contributed by atoms with E-state index >= 15 is 0 Å². The van der Waals surface area contributed by atoms with Crippen LogP contribution >= 0.6 is 0 Å². The normalized spacial score (nSPS) is 10.6. The summed E-state index contributed by atoms with van der Waals surface area (Å²) in [5, 5.41) is 9.69. The topological polar surface area (TPSA) is 80.5 Å². The Hall–Kier alpha value is -3.94. The number of urea groups is 1. The highest BCUT2D eigenvalue weighted by Crippen LogP contribution is 2.23. The van der Waals surface area contributed by atoms with E-state index in [-0.39, 0.29) is 5.82 Å². The molecule has 0 aliphatic rings. The second kappa shape index (κ2) is 7.36. The highest BCUT2D eigenvalue weighted by atomic mass is 19.1. The maximum Gasteiger partial charge on any atom is 0.323 e. The second-order valence-electron chi connectivity index (χ2n) is 5.97. The van der Waals surface area contributed by atoms with Gasteiger partial charge in [-0.1, -0.05) is 12.1 Å². The van der Waals surface area contributed by atoms with Crippen LogP contribution in [-0.4, -0.2) is 27.7 Å². The fraction of sp³-hybridized carbons (Fsp3) is 0.0500. The molecule has 4 aromatic rings. The molecule has 0 atom stereocenters. The number of hydrogen-bond acceptors (Lipinski definition) is 4. The van der Waals surface area contributed by atoms with Crippen molar-refractivity contribution in [2.45, 2.75) is 0 Å². The summed E-state index contributed by atoms with van der Waals surface area (Å²) in [4.78, 5) is 16.7. The van der Waals surface area contributed by atoms with E-state index < -0.39 is 6.03 Å². The van der Waals surface area contributed by atoms with Crippen molar-refractivity contribution in [3.63, 3.8) is 0 Å². The minimum Gasteiger partial charge on any atom is -0.480 e. The van der Waals surface area contributed by atoms with E-state index in [4.69, 9.17) is 4.74 Å². The Balaban J connectivity index is 1.52. The van der Waals surface area contributed by atoms with E-state index in [2.05, 4.69) is 20.7 Å². The van der Waals surface area contributed by atoms with Gasteiger partial charge in [-0.2, -0.15) is 0 Å². The predicted molar refractivity (Wildman–Crippen MR) is 104 cm³/mol. The van der Waals surface area contributed by atoms with E-state index in [9.17, 15) is 9.18 Å². The number of hydrogen-bond donors (Lipinski definition) is 2. The van der Waals surface area contributed by atoms with Crippen molar-refractivity contribution in [3.05, 3.63) is 72.7 Å². The molecule has 8 heteroatoms. The monoisotopic (exact) mass is 377 g/mol. The molecule has 0 aliphatic carbocycles. The Morgan fingerprint density at radius 2 is 1.82 bits per heavy atom. The van der Waals surface area contributed by atoms with Gasteiger partial charge < -0.3 is 15.4 Å². The highest BCUT2D eigenvalue weighted by molar-refractivity contribution is 6.00. The fourth-order valence-electron chi connectivity index (χ4n) is 2.70. The first-order valence-corrected chi connectivity index (χ1v) is 8.45. The Morgan fingerprint density at radius 1 is 1.04 bits per heavy atom. The number of nitrogens with zero attached hydrogens (tertiary/aromatic N) is 3. The van der Waals surface area contributed by atoms with Crippen LogP contribution in [0.4, 0.5) is 20.6 Å². The van der Waals surface area contributed by atoms with Crippen molar-refractivity contribution in [1.82, 2.24) is 14.6 Å². The van der Waals surface area contributed by atoms with Crippen LogP contribution < -0.4 is 15.4 Å². The van der Waals surface area contributed by atoms with Gasteiger partial charge in [0.2, 0.25) is 5.88 Å². The summed E-state index contributed by atoms with van der Waals surface area (Å²) in [6.45, 7) is 0. The predicted octanol–water partition coefficient (Wildman–Crippen LogP) is 4.19. The van der Waals surface area contributed by atoms with Gasteiger partial charge in [-0.15, -0.1) is 5.10 Å². The summed E-state index contributed by atoms with van der Waals surface area (Å²) in [6, 6.07) is 16.0. The zero-order valence-corrected chi connectivity index (χ0v) is 14.9. The quantitative estimate of drug-likeness (QED) is 0.559. The Morgan fingerprint density at radius 3 is 2.61 bits per heavy atom. The van der Waals surface area contributed by atoms with Gasteiger partial charge in [-0.25, -0.2) is 18.7 Å². The van der Waals surface area contributed by atoms with Crippen LogP contribution in [0.25, 0.3) is 16.9 Å². The van der Waals surface area contributed by atoms with Gasteiger partial charge in [0.25, 0.3) is 0 Å². The molecule has 0 radical (unpaired) electrons. The first-order chi connectivity index (χ1) is 13.6. The van der Waals surface area contributed by atoms with Crippen molar-refractivity contribution in [3.8, 4) is 17.1 Å². The van der Waals surface area contributed by atoms with Crippen molar-refractivity contribution >= 4 is 23.1 Å². The molecule has 0 aliphatic heterocycles. The number of aromatic nitrogens is 3. The number of carbonyl (C=O) groups excluding carboxylic acids is 1. The van der Waals surface area contributed by atoms with Gasteiger partial charge in [-0.05, 0) is 42.5 Å². The Bertz CT molecular complexity index is 1140. The van der Waals surface area contributed by atoms with Crippen LogP contribution in [0.15, 0.2) is 66.9 Å². The highest BCUT2D eigenvalue weighted by Gasteiger charge is 2.08. The van der Waals surface area contributed by atoms with Crippen LogP contribution in [0.2, 0.25) is 0 Å². The average Bonchev–Trinajstić information content (AvgIpc) is 3.13. The smallest absolute Gasteiger partial charge is 0.323 e. The summed E-state index contributed by atoms with van der Waals surface area (Å²) in [6.07, 6.45) is 1.79. The van der Waals surface area contributed by atoms with Gasteiger partial charge in [0.05, 0.1) is 19.0 Å². The molecule has 4 rings (SSSR count). The minimum atomic E-state index is -0.426. The molecule has 2 amide bonds. The molecular formula is C20H16FN5O2. The third-order valence-electron chi connectivity index (χ3n) is 4.02. The molecule has 0 bridgehead atoms. The van der Waals surface area contributed by atoms with Crippen molar-refractivity contribution in [2.75, 3.05) is 17.7 Å². The zero-order valence-electron chi connectivity index (χ0n) is 14.9. The lowest BCUT2D eigenvalue weighted by molar-refractivity contribution is 0.262. The number of benzene rings is 2. The molecule has 0 fully saturated rings. The SMILES string of the molecule is COc1ccc2nc(-c3cccc(NC(=O)Nc4ccc(F)cc4)c3)cn2n1. The number of rotatable bonds is 4. The molecule has 7 nitrogen and oxygen atoms in total. The number of halogens is 1. The van der Waals surface area contributed by atoms with Crippen LogP contribution in [-0.2, 0) is 0 Å². The largest absolute Gasteiger partial charge is 0.480 e. The molecule has 0 saturated carbocycles. The summed E-state index contributed by atoms with van der Waals surface area (Å²) < 4.78 is 19.7. The van der Waals surface area contributed by atoms with E-state index in [1.807, 2.05) is 24.3 Å².